The number of rotatable bonds is 7. The minimum absolute atomic E-state index is 0.101. The number of hydrogen-bond donors (Lipinski definition) is 5. The molecule has 6 atom stereocenters. The molecule has 1 rings (SSSR count). The van der Waals surface area contributed by atoms with Gasteiger partial charge in [-0.2, -0.15) is 0 Å². The molecule has 0 saturated carbocycles. The van der Waals surface area contributed by atoms with Crippen LogP contribution >= 0.6 is 0 Å². The van der Waals surface area contributed by atoms with Crippen molar-refractivity contribution in [2.24, 2.45) is 0 Å². The molecule has 0 bridgehead atoms. The molecule has 0 aromatic carbocycles. The monoisotopic (exact) mass is 331 g/mol. The Labute approximate surface area is 135 Å². The molecular formula is C15H25NO7. The average molecular weight is 331 g/mol. The summed E-state index contributed by atoms with van der Waals surface area (Å²) in [7, 11) is 0. The first kappa shape index (κ1) is 19.8. The van der Waals surface area contributed by atoms with Crippen LogP contribution in [0, 0.1) is 0 Å². The van der Waals surface area contributed by atoms with Crippen molar-refractivity contribution >= 4 is 5.91 Å². The van der Waals surface area contributed by atoms with Gasteiger partial charge in [-0.1, -0.05) is 18.7 Å². The normalized spacial score (nSPS) is 31.1. The molecule has 1 heterocycles. The molecule has 0 radical (unpaired) electrons. The third kappa shape index (κ3) is 5.38. The van der Waals surface area contributed by atoms with Gasteiger partial charge in [0.25, 0.3) is 0 Å². The Balaban J connectivity index is 2.71. The molecule has 0 aliphatic carbocycles. The molecule has 5 N–H and O–H groups in total. The van der Waals surface area contributed by atoms with Crippen LogP contribution in [-0.4, -0.2) is 76.3 Å². The van der Waals surface area contributed by atoms with Crippen molar-refractivity contribution in [3.63, 3.8) is 0 Å². The molecule has 0 aromatic rings. The number of amides is 1. The van der Waals surface area contributed by atoms with Crippen LogP contribution in [0.5, 0.6) is 0 Å². The summed E-state index contributed by atoms with van der Waals surface area (Å²) >= 11 is 0. The van der Waals surface area contributed by atoms with Gasteiger partial charge in [-0.3, -0.25) is 4.79 Å². The first-order chi connectivity index (χ1) is 10.8. The third-order valence-electron chi connectivity index (χ3n) is 3.48. The summed E-state index contributed by atoms with van der Waals surface area (Å²) in [4.78, 5) is 11.2. The van der Waals surface area contributed by atoms with E-state index in [2.05, 4.69) is 11.9 Å². The van der Waals surface area contributed by atoms with Gasteiger partial charge in [0.15, 0.2) is 6.29 Å². The van der Waals surface area contributed by atoms with Crippen LogP contribution in [0.1, 0.15) is 13.8 Å². The largest absolute Gasteiger partial charge is 0.394 e. The summed E-state index contributed by atoms with van der Waals surface area (Å²) < 4.78 is 10.8. The summed E-state index contributed by atoms with van der Waals surface area (Å²) in [5.41, 5.74) is 0.101. The van der Waals surface area contributed by atoms with Crippen LogP contribution in [0.4, 0.5) is 0 Å². The zero-order valence-corrected chi connectivity index (χ0v) is 13.3. The predicted octanol–water partition coefficient (Wildman–Crippen LogP) is -1.56. The van der Waals surface area contributed by atoms with Crippen molar-refractivity contribution < 1.29 is 34.7 Å². The van der Waals surface area contributed by atoms with Crippen LogP contribution in [0.2, 0.25) is 0 Å². The molecule has 8 nitrogen and oxygen atoms in total. The van der Waals surface area contributed by atoms with E-state index in [9.17, 15) is 20.1 Å². The van der Waals surface area contributed by atoms with Crippen molar-refractivity contribution in [3.05, 3.63) is 24.3 Å². The highest BCUT2D eigenvalue weighted by Crippen LogP contribution is 2.25. The quantitative estimate of drug-likeness (QED) is 0.357. The molecule has 1 fully saturated rings. The lowest BCUT2D eigenvalue weighted by molar-refractivity contribution is -0.228. The molecule has 1 amide bonds. The maximum absolute atomic E-state index is 11.2. The maximum atomic E-state index is 11.2. The van der Waals surface area contributed by atoms with E-state index in [4.69, 9.17) is 14.6 Å². The van der Waals surface area contributed by atoms with E-state index in [-0.39, 0.29) is 18.1 Å². The zero-order chi connectivity index (χ0) is 17.6. The summed E-state index contributed by atoms with van der Waals surface area (Å²) in [6.07, 6.45) is -2.52. The number of aliphatic hydroxyl groups is 4. The first-order valence-electron chi connectivity index (χ1n) is 7.32. The van der Waals surface area contributed by atoms with Gasteiger partial charge in [-0.25, -0.2) is 0 Å². The van der Waals surface area contributed by atoms with Gasteiger partial charge < -0.3 is 35.2 Å². The second kappa shape index (κ2) is 9.11. The second-order valence-electron chi connectivity index (χ2n) is 5.36. The molecule has 23 heavy (non-hydrogen) atoms. The van der Waals surface area contributed by atoms with Crippen molar-refractivity contribution in [1.29, 1.82) is 0 Å². The first-order valence-corrected chi connectivity index (χ1v) is 7.32. The molecule has 1 aliphatic heterocycles. The van der Waals surface area contributed by atoms with Gasteiger partial charge in [-0.15, -0.1) is 0 Å². The maximum Gasteiger partial charge on any atom is 0.217 e. The highest BCUT2D eigenvalue weighted by molar-refractivity contribution is 5.73. The number of carbonyl (C=O) groups is 1. The fourth-order valence-electron chi connectivity index (χ4n) is 2.20. The van der Waals surface area contributed by atoms with E-state index in [0.717, 1.165) is 0 Å². The van der Waals surface area contributed by atoms with Gasteiger partial charge >= 0.3 is 0 Å². The number of carbonyl (C=O) groups excluding carboxylic acids is 1. The highest BCUT2D eigenvalue weighted by Gasteiger charge is 2.40. The number of nitrogens with one attached hydrogen (secondary N) is 1. The van der Waals surface area contributed by atoms with Crippen LogP contribution < -0.4 is 5.32 Å². The van der Waals surface area contributed by atoms with E-state index >= 15 is 0 Å². The van der Waals surface area contributed by atoms with Crippen molar-refractivity contribution in [2.75, 3.05) is 13.2 Å². The van der Waals surface area contributed by atoms with E-state index < -0.39 is 43.4 Å². The SMILES string of the molecule is C=C1C(O)[C@@H](O)C(CO)O[C@H]1OC[C@H](NC(C)=O)[C@H](O)/C=C/C. The lowest BCUT2D eigenvalue weighted by Gasteiger charge is -2.38. The minimum atomic E-state index is -1.30. The van der Waals surface area contributed by atoms with E-state index in [1.54, 1.807) is 13.0 Å². The fourth-order valence-corrected chi connectivity index (χ4v) is 2.20. The van der Waals surface area contributed by atoms with E-state index in [1.165, 1.54) is 13.0 Å². The minimum Gasteiger partial charge on any atom is -0.394 e. The van der Waals surface area contributed by atoms with Crippen molar-refractivity contribution in [1.82, 2.24) is 5.32 Å². The Bertz CT molecular complexity index is 440. The Hall–Kier alpha value is -1.29. The molecule has 8 heteroatoms. The van der Waals surface area contributed by atoms with Crippen molar-refractivity contribution in [2.45, 2.75) is 50.6 Å². The molecule has 1 saturated heterocycles. The Morgan fingerprint density at radius 3 is 2.70 bits per heavy atom. The van der Waals surface area contributed by atoms with Gasteiger partial charge in [-0.05, 0) is 6.92 Å². The van der Waals surface area contributed by atoms with Gasteiger partial charge in [0.2, 0.25) is 5.91 Å². The zero-order valence-electron chi connectivity index (χ0n) is 13.3. The summed E-state index contributed by atoms with van der Waals surface area (Å²) in [5, 5.41) is 41.3. The number of hydrogen-bond acceptors (Lipinski definition) is 7. The average Bonchev–Trinajstić information content (AvgIpc) is 2.50. The lowest BCUT2D eigenvalue weighted by atomic mass is 9.98. The number of allylic oxidation sites excluding steroid dienone is 1. The molecule has 0 spiro atoms. The van der Waals surface area contributed by atoms with Gasteiger partial charge in [0.05, 0.1) is 25.4 Å². The van der Waals surface area contributed by atoms with Crippen LogP contribution in [0.25, 0.3) is 0 Å². The standard InChI is InChI=1S/C15H25NO7/c1-4-5-11(19)10(16-9(3)18)7-22-15-8(2)13(20)14(21)12(6-17)23-15/h4-5,10-15,17,19-21H,2,6-7H2,1,3H3,(H,16,18)/b5-4+/t10-,11+,12?,13?,14-,15+/m0/s1. The Morgan fingerprint density at radius 1 is 1.52 bits per heavy atom. The van der Waals surface area contributed by atoms with E-state index in [0.29, 0.717) is 0 Å². The van der Waals surface area contributed by atoms with Gasteiger partial charge in [0.1, 0.15) is 18.3 Å². The number of aliphatic hydroxyl groups excluding tert-OH is 4. The Kier molecular flexibility index (Phi) is 7.83. The van der Waals surface area contributed by atoms with Crippen LogP contribution in [0.3, 0.4) is 0 Å². The predicted molar refractivity (Wildman–Crippen MR) is 81.3 cm³/mol. The smallest absolute Gasteiger partial charge is 0.217 e. The molecule has 0 aromatic heterocycles. The molecule has 1 aliphatic rings. The molecular weight excluding hydrogens is 306 g/mol. The molecule has 132 valence electrons. The lowest BCUT2D eigenvalue weighted by Crippen LogP contribution is -2.53. The summed E-state index contributed by atoms with van der Waals surface area (Å²) in [6, 6.07) is -0.725. The fraction of sp³-hybridized carbons (Fsp3) is 0.667. The number of ether oxygens (including phenoxy) is 2. The molecule has 2 unspecified atom stereocenters. The highest BCUT2D eigenvalue weighted by atomic mass is 16.7. The topological polar surface area (TPSA) is 128 Å². The van der Waals surface area contributed by atoms with Crippen LogP contribution in [0.15, 0.2) is 24.3 Å². The van der Waals surface area contributed by atoms with Crippen LogP contribution in [-0.2, 0) is 14.3 Å². The summed E-state index contributed by atoms with van der Waals surface area (Å²) in [5.74, 6) is -0.339. The Morgan fingerprint density at radius 2 is 2.17 bits per heavy atom. The van der Waals surface area contributed by atoms with Gasteiger partial charge in [0, 0.05) is 12.5 Å². The third-order valence-corrected chi connectivity index (χ3v) is 3.48. The summed E-state index contributed by atoms with van der Waals surface area (Å²) in [6.45, 7) is 6.04. The van der Waals surface area contributed by atoms with E-state index in [1.807, 2.05) is 0 Å². The second-order valence-corrected chi connectivity index (χ2v) is 5.36. The van der Waals surface area contributed by atoms with Crippen molar-refractivity contribution in [3.8, 4) is 0 Å².